The molecule has 1 saturated heterocycles. The van der Waals surface area contributed by atoms with E-state index >= 15 is 0 Å². The number of nitrogens with zero attached hydrogens (tertiary/aromatic N) is 6. The molecule has 0 aliphatic carbocycles. The molecule has 1 N–H and O–H groups in total. The number of hydrogen-bond acceptors (Lipinski definition) is 6. The van der Waals surface area contributed by atoms with Crippen molar-refractivity contribution in [2.75, 3.05) is 18.4 Å². The minimum atomic E-state index is -0.468. The Labute approximate surface area is 206 Å². The summed E-state index contributed by atoms with van der Waals surface area (Å²) in [5.41, 5.74) is 4.43. The van der Waals surface area contributed by atoms with Gasteiger partial charge in [0.2, 0.25) is 0 Å². The minimum absolute atomic E-state index is 0.0454. The van der Waals surface area contributed by atoms with Gasteiger partial charge in [-0.1, -0.05) is 53.2 Å². The summed E-state index contributed by atoms with van der Waals surface area (Å²) in [6, 6.07) is 21.1. The van der Waals surface area contributed by atoms with Crippen LogP contribution in [0.4, 0.5) is 15.9 Å². The van der Waals surface area contributed by atoms with Gasteiger partial charge in [0.25, 0.3) is 0 Å². The minimum Gasteiger partial charge on any atom is -0.340 e. The Kier molecular flexibility index (Phi) is 5.60. The van der Waals surface area contributed by atoms with Crippen LogP contribution in [0.2, 0.25) is 5.02 Å². The van der Waals surface area contributed by atoms with Crippen LogP contribution in [0, 0.1) is 5.82 Å². The molecule has 1 aliphatic heterocycles. The lowest BCUT2D eigenvalue weighted by Gasteiger charge is -2.38. The highest BCUT2D eigenvalue weighted by Gasteiger charge is 2.29. The summed E-state index contributed by atoms with van der Waals surface area (Å²) in [5, 5.41) is 12.9. The molecule has 9 heteroatoms. The van der Waals surface area contributed by atoms with Crippen LogP contribution in [0.15, 0.2) is 79.3 Å². The van der Waals surface area contributed by atoms with Crippen LogP contribution in [0.5, 0.6) is 0 Å². The van der Waals surface area contributed by atoms with Gasteiger partial charge in [-0.15, -0.1) is 5.10 Å². The number of fused-ring (bicyclic) bond motifs is 1. The van der Waals surface area contributed by atoms with Gasteiger partial charge in [0.15, 0.2) is 0 Å². The summed E-state index contributed by atoms with van der Waals surface area (Å²) in [5.74, 6) is 0.132. The lowest BCUT2D eigenvalue weighted by Crippen LogP contribution is -2.47. The van der Waals surface area contributed by atoms with E-state index in [0.717, 1.165) is 41.8 Å². The molecule has 6 rings (SSSR count). The first-order valence-electron chi connectivity index (χ1n) is 11.3. The SMILES string of the molecule is Fc1ccc(Nc2ncnc3ccc(-c4cn(C5CN(Cc6ccccc6)C5)nn4)cc23)cc1Cl. The maximum atomic E-state index is 13.5. The number of nitrogens with one attached hydrogen (secondary N) is 1. The van der Waals surface area contributed by atoms with Crippen LogP contribution in [-0.2, 0) is 6.54 Å². The van der Waals surface area contributed by atoms with E-state index in [2.05, 4.69) is 54.8 Å². The van der Waals surface area contributed by atoms with Gasteiger partial charge in [0.05, 0.1) is 22.8 Å². The molecule has 3 aromatic carbocycles. The fourth-order valence-corrected chi connectivity index (χ4v) is 4.47. The van der Waals surface area contributed by atoms with Crippen molar-refractivity contribution in [1.82, 2.24) is 29.9 Å². The Morgan fingerprint density at radius 1 is 1.00 bits per heavy atom. The second kappa shape index (κ2) is 9.05. The molecule has 35 heavy (non-hydrogen) atoms. The van der Waals surface area contributed by atoms with Gasteiger partial charge in [-0.2, -0.15) is 0 Å². The van der Waals surface area contributed by atoms with E-state index < -0.39 is 5.82 Å². The Morgan fingerprint density at radius 2 is 1.86 bits per heavy atom. The Balaban J connectivity index is 1.20. The van der Waals surface area contributed by atoms with E-state index in [1.165, 1.54) is 24.0 Å². The average Bonchev–Trinajstić information content (AvgIpc) is 3.34. The molecule has 5 aromatic rings. The van der Waals surface area contributed by atoms with E-state index in [4.69, 9.17) is 11.6 Å². The van der Waals surface area contributed by atoms with Gasteiger partial charge in [-0.05, 0) is 35.9 Å². The van der Waals surface area contributed by atoms with Crippen LogP contribution >= 0.6 is 11.6 Å². The van der Waals surface area contributed by atoms with Gasteiger partial charge in [0, 0.05) is 36.3 Å². The second-order valence-electron chi connectivity index (χ2n) is 8.63. The van der Waals surface area contributed by atoms with E-state index in [1.54, 1.807) is 6.07 Å². The standard InChI is InChI=1S/C26H21ClFN7/c27-22-11-19(7-8-23(22)28)31-26-21-10-18(6-9-24(21)29-16-30-26)25-15-35(33-32-25)20-13-34(14-20)12-17-4-2-1-3-5-17/h1-11,15-16,20H,12-14H2,(H,29,30,31). The first-order chi connectivity index (χ1) is 17.1. The summed E-state index contributed by atoms with van der Waals surface area (Å²) in [7, 11) is 0. The van der Waals surface area contributed by atoms with Crippen molar-refractivity contribution >= 4 is 34.0 Å². The molecule has 0 bridgehead atoms. The molecule has 0 saturated carbocycles. The molecule has 7 nitrogen and oxygen atoms in total. The molecule has 1 aliphatic rings. The highest BCUT2D eigenvalue weighted by Crippen LogP contribution is 2.30. The fraction of sp³-hybridized carbons (Fsp3) is 0.154. The average molecular weight is 486 g/mol. The molecule has 3 heterocycles. The molecule has 0 unspecified atom stereocenters. The van der Waals surface area contributed by atoms with E-state index in [1.807, 2.05) is 35.1 Å². The number of rotatable bonds is 6. The molecule has 0 radical (unpaired) electrons. The van der Waals surface area contributed by atoms with E-state index in [9.17, 15) is 4.39 Å². The quantitative estimate of drug-likeness (QED) is 0.343. The molecular weight excluding hydrogens is 465 g/mol. The third kappa shape index (κ3) is 4.45. The predicted octanol–water partition coefficient (Wildman–Crippen LogP) is 5.48. The monoisotopic (exact) mass is 485 g/mol. The Hall–Kier alpha value is -3.88. The zero-order valence-electron chi connectivity index (χ0n) is 18.6. The van der Waals surface area contributed by atoms with Crippen molar-refractivity contribution in [1.29, 1.82) is 0 Å². The number of anilines is 2. The number of aromatic nitrogens is 5. The summed E-state index contributed by atoms with van der Waals surface area (Å²) in [6.45, 7) is 2.83. The lowest BCUT2D eigenvalue weighted by atomic mass is 10.1. The molecule has 174 valence electrons. The predicted molar refractivity (Wildman–Crippen MR) is 134 cm³/mol. The molecule has 2 aromatic heterocycles. The summed E-state index contributed by atoms with van der Waals surface area (Å²) in [4.78, 5) is 11.1. The number of hydrogen-bond donors (Lipinski definition) is 1. The largest absolute Gasteiger partial charge is 0.340 e. The van der Waals surface area contributed by atoms with Crippen LogP contribution in [0.3, 0.4) is 0 Å². The number of benzene rings is 3. The summed E-state index contributed by atoms with van der Waals surface area (Å²) in [6.07, 6.45) is 3.48. The van der Waals surface area contributed by atoms with Gasteiger partial charge < -0.3 is 5.32 Å². The van der Waals surface area contributed by atoms with Crippen LogP contribution in [-0.4, -0.2) is 43.0 Å². The van der Waals surface area contributed by atoms with Gasteiger partial charge in [-0.3, -0.25) is 4.90 Å². The lowest BCUT2D eigenvalue weighted by molar-refractivity contribution is 0.0896. The molecule has 1 fully saturated rings. The highest BCUT2D eigenvalue weighted by molar-refractivity contribution is 6.31. The molecule has 0 spiro atoms. The molecule has 0 amide bonds. The maximum absolute atomic E-state index is 13.5. The van der Waals surface area contributed by atoms with Crippen molar-refractivity contribution in [3.05, 3.63) is 95.7 Å². The van der Waals surface area contributed by atoms with Crippen molar-refractivity contribution in [2.24, 2.45) is 0 Å². The maximum Gasteiger partial charge on any atom is 0.141 e. The van der Waals surface area contributed by atoms with Crippen molar-refractivity contribution in [3.63, 3.8) is 0 Å². The summed E-state index contributed by atoms with van der Waals surface area (Å²) >= 11 is 5.93. The zero-order chi connectivity index (χ0) is 23.8. The van der Waals surface area contributed by atoms with Crippen LogP contribution in [0.1, 0.15) is 11.6 Å². The summed E-state index contributed by atoms with van der Waals surface area (Å²) < 4.78 is 15.5. The van der Waals surface area contributed by atoms with Crippen LogP contribution in [0.25, 0.3) is 22.2 Å². The second-order valence-corrected chi connectivity index (χ2v) is 9.03. The third-order valence-corrected chi connectivity index (χ3v) is 6.47. The van der Waals surface area contributed by atoms with Crippen LogP contribution < -0.4 is 5.32 Å². The topological polar surface area (TPSA) is 71.8 Å². The number of likely N-dealkylation sites (tertiary alicyclic amines) is 1. The van der Waals surface area contributed by atoms with Crippen molar-refractivity contribution in [3.8, 4) is 11.3 Å². The smallest absolute Gasteiger partial charge is 0.141 e. The Bertz CT molecular complexity index is 1500. The molecule has 0 atom stereocenters. The number of halogens is 2. The molecular formula is C26H21ClFN7. The Morgan fingerprint density at radius 3 is 2.69 bits per heavy atom. The zero-order valence-corrected chi connectivity index (χ0v) is 19.4. The normalized spacial score (nSPS) is 14.2. The van der Waals surface area contributed by atoms with Gasteiger partial charge in [0.1, 0.15) is 23.7 Å². The first-order valence-corrected chi connectivity index (χ1v) is 11.7. The van der Waals surface area contributed by atoms with E-state index in [0.29, 0.717) is 17.5 Å². The first kappa shape index (κ1) is 21.6. The van der Waals surface area contributed by atoms with Crippen molar-refractivity contribution < 1.29 is 4.39 Å². The fourth-order valence-electron chi connectivity index (χ4n) is 4.29. The highest BCUT2D eigenvalue weighted by atomic mass is 35.5. The van der Waals surface area contributed by atoms with Gasteiger partial charge >= 0.3 is 0 Å². The third-order valence-electron chi connectivity index (χ3n) is 6.18. The van der Waals surface area contributed by atoms with Gasteiger partial charge in [-0.25, -0.2) is 19.0 Å². The van der Waals surface area contributed by atoms with Crippen molar-refractivity contribution in [2.45, 2.75) is 12.6 Å². The van der Waals surface area contributed by atoms with E-state index in [-0.39, 0.29) is 5.02 Å².